The molecule has 2 heterocycles. The molecule has 0 aliphatic carbocycles. The standard InChI is InChI=1S/C17H12BrN3OS/c1-2-15-19-12-6-4-3-5-11(12)16(22)21(15)17-20-13-8-7-10(18)9-14(13)23-17/h3-9H,2H2,1H3. The van der Waals surface area contributed by atoms with Crippen LogP contribution in [-0.4, -0.2) is 14.5 Å². The highest BCUT2D eigenvalue weighted by Gasteiger charge is 2.15. The normalized spacial score (nSPS) is 11.4. The molecule has 0 saturated heterocycles. The van der Waals surface area contributed by atoms with Gasteiger partial charge >= 0.3 is 0 Å². The van der Waals surface area contributed by atoms with Crippen molar-refractivity contribution in [2.75, 3.05) is 0 Å². The summed E-state index contributed by atoms with van der Waals surface area (Å²) >= 11 is 4.97. The summed E-state index contributed by atoms with van der Waals surface area (Å²) in [5.74, 6) is 0.729. The van der Waals surface area contributed by atoms with Gasteiger partial charge in [-0.3, -0.25) is 4.79 Å². The zero-order chi connectivity index (χ0) is 16.0. The van der Waals surface area contributed by atoms with E-state index in [2.05, 4.69) is 25.9 Å². The number of fused-ring (bicyclic) bond motifs is 2. The lowest BCUT2D eigenvalue weighted by molar-refractivity contribution is 0.829. The van der Waals surface area contributed by atoms with E-state index >= 15 is 0 Å². The van der Waals surface area contributed by atoms with Gasteiger partial charge in [0, 0.05) is 10.9 Å². The molecule has 4 aromatic rings. The average Bonchev–Trinajstić information content (AvgIpc) is 2.97. The van der Waals surface area contributed by atoms with Gasteiger partial charge in [0.25, 0.3) is 5.56 Å². The largest absolute Gasteiger partial charge is 0.268 e. The number of hydrogen-bond acceptors (Lipinski definition) is 4. The molecule has 2 aromatic carbocycles. The van der Waals surface area contributed by atoms with Gasteiger partial charge in [0.2, 0.25) is 0 Å². The maximum atomic E-state index is 12.9. The highest BCUT2D eigenvalue weighted by atomic mass is 79.9. The predicted octanol–water partition coefficient (Wildman–Crippen LogP) is 4.32. The van der Waals surface area contributed by atoms with Crippen molar-refractivity contribution in [3.63, 3.8) is 0 Å². The molecule has 0 saturated carbocycles. The molecule has 0 amide bonds. The number of nitrogens with zero attached hydrogens (tertiary/aromatic N) is 3. The topological polar surface area (TPSA) is 47.8 Å². The fourth-order valence-electron chi connectivity index (χ4n) is 2.60. The van der Waals surface area contributed by atoms with Crippen LogP contribution in [0.2, 0.25) is 0 Å². The molecule has 0 unspecified atom stereocenters. The van der Waals surface area contributed by atoms with Crippen LogP contribution >= 0.6 is 27.3 Å². The molecule has 0 aliphatic heterocycles. The van der Waals surface area contributed by atoms with E-state index in [-0.39, 0.29) is 5.56 Å². The molecule has 0 spiro atoms. The first kappa shape index (κ1) is 14.5. The number of hydrogen-bond donors (Lipinski definition) is 0. The quantitative estimate of drug-likeness (QED) is 0.516. The minimum atomic E-state index is -0.0643. The predicted molar refractivity (Wildman–Crippen MR) is 97.6 cm³/mol. The molecule has 0 fully saturated rings. The van der Waals surface area contributed by atoms with Gasteiger partial charge in [-0.2, -0.15) is 0 Å². The molecular weight excluding hydrogens is 374 g/mol. The van der Waals surface area contributed by atoms with Crippen LogP contribution in [0.3, 0.4) is 0 Å². The molecule has 0 radical (unpaired) electrons. The summed E-state index contributed by atoms with van der Waals surface area (Å²) in [7, 11) is 0. The maximum Gasteiger partial charge on any atom is 0.267 e. The van der Waals surface area contributed by atoms with Crippen LogP contribution in [0.5, 0.6) is 0 Å². The van der Waals surface area contributed by atoms with Crippen molar-refractivity contribution >= 4 is 48.4 Å². The van der Waals surface area contributed by atoms with Crippen LogP contribution in [0.15, 0.2) is 51.7 Å². The first-order valence-electron chi connectivity index (χ1n) is 7.24. The van der Waals surface area contributed by atoms with E-state index in [9.17, 15) is 4.79 Å². The van der Waals surface area contributed by atoms with E-state index in [0.717, 1.165) is 26.0 Å². The van der Waals surface area contributed by atoms with Crippen molar-refractivity contribution in [3.8, 4) is 5.13 Å². The maximum absolute atomic E-state index is 12.9. The van der Waals surface area contributed by atoms with Gasteiger partial charge in [-0.15, -0.1) is 0 Å². The smallest absolute Gasteiger partial charge is 0.267 e. The highest BCUT2D eigenvalue weighted by Crippen LogP contribution is 2.28. The molecule has 114 valence electrons. The lowest BCUT2D eigenvalue weighted by Gasteiger charge is -2.09. The van der Waals surface area contributed by atoms with Gasteiger partial charge in [-0.1, -0.05) is 46.3 Å². The Hall–Kier alpha value is -2.05. The summed E-state index contributed by atoms with van der Waals surface area (Å²) in [5, 5.41) is 1.28. The second-order valence-electron chi connectivity index (χ2n) is 5.15. The summed E-state index contributed by atoms with van der Waals surface area (Å²) in [6, 6.07) is 13.4. The third kappa shape index (κ3) is 2.38. The number of para-hydroxylation sites is 1. The van der Waals surface area contributed by atoms with E-state index < -0.39 is 0 Å². The van der Waals surface area contributed by atoms with Crippen LogP contribution in [0.1, 0.15) is 12.7 Å². The number of rotatable bonds is 2. The van der Waals surface area contributed by atoms with Crippen molar-refractivity contribution in [3.05, 3.63) is 63.1 Å². The Morgan fingerprint density at radius 2 is 1.96 bits per heavy atom. The number of thiazole rings is 1. The number of aromatic nitrogens is 3. The van der Waals surface area contributed by atoms with Crippen molar-refractivity contribution in [2.24, 2.45) is 0 Å². The third-order valence-corrected chi connectivity index (χ3v) is 5.19. The van der Waals surface area contributed by atoms with Crippen LogP contribution in [0, 0.1) is 0 Å². The van der Waals surface area contributed by atoms with Gasteiger partial charge in [-0.25, -0.2) is 14.5 Å². The molecule has 23 heavy (non-hydrogen) atoms. The lowest BCUT2D eigenvalue weighted by atomic mass is 10.2. The fourth-order valence-corrected chi connectivity index (χ4v) is 4.13. The Balaban J connectivity index is 2.06. The summed E-state index contributed by atoms with van der Waals surface area (Å²) in [6.07, 6.45) is 0.666. The molecule has 6 heteroatoms. The van der Waals surface area contributed by atoms with Crippen molar-refractivity contribution < 1.29 is 0 Å². The lowest BCUT2D eigenvalue weighted by Crippen LogP contribution is -2.23. The molecule has 0 N–H and O–H groups in total. The van der Waals surface area contributed by atoms with E-state index in [1.54, 1.807) is 4.57 Å². The summed E-state index contributed by atoms with van der Waals surface area (Å²) in [5.41, 5.74) is 1.55. The van der Waals surface area contributed by atoms with Gasteiger partial charge in [0.15, 0.2) is 5.13 Å². The number of halogens is 1. The Labute approximate surface area is 144 Å². The van der Waals surface area contributed by atoms with Crippen molar-refractivity contribution in [1.29, 1.82) is 0 Å². The first-order chi connectivity index (χ1) is 11.2. The molecule has 4 nitrogen and oxygen atoms in total. The number of aryl methyl sites for hydroxylation is 1. The van der Waals surface area contributed by atoms with Crippen molar-refractivity contribution in [2.45, 2.75) is 13.3 Å². The van der Waals surface area contributed by atoms with Crippen molar-refractivity contribution in [1.82, 2.24) is 14.5 Å². The zero-order valence-electron chi connectivity index (χ0n) is 12.3. The molecule has 0 bridgehead atoms. The summed E-state index contributed by atoms with van der Waals surface area (Å²) < 4.78 is 3.68. The Morgan fingerprint density at radius 3 is 2.78 bits per heavy atom. The van der Waals surface area contributed by atoms with Crippen LogP contribution < -0.4 is 5.56 Å². The summed E-state index contributed by atoms with van der Waals surface area (Å²) in [4.78, 5) is 22.2. The van der Waals surface area contributed by atoms with E-state index in [4.69, 9.17) is 0 Å². The highest BCUT2D eigenvalue weighted by molar-refractivity contribution is 9.10. The van der Waals surface area contributed by atoms with Crippen LogP contribution in [-0.2, 0) is 6.42 Å². The Morgan fingerprint density at radius 1 is 1.13 bits per heavy atom. The minimum Gasteiger partial charge on any atom is -0.268 e. The Bertz CT molecular complexity index is 1100. The molecule has 2 aromatic heterocycles. The Kier molecular flexibility index (Phi) is 3.50. The second kappa shape index (κ2) is 5.54. The van der Waals surface area contributed by atoms with E-state index in [1.165, 1.54) is 11.3 Å². The summed E-state index contributed by atoms with van der Waals surface area (Å²) in [6.45, 7) is 2.00. The first-order valence-corrected chi connectivity index (χ1v) is 8.85. The monoisotopic (exact) mass is 385 g/mol. The van der Waals surface area contributed by atoms with Crippen LogP contribution in [0.4, 0.5) is 0 Å². The molecule has 0 atom stereocenters. The second-order valence-corrected chi connectivity index (χ2v) is 7.07. The van der Waals surface area contributed by atoms with Gasteiger partial charge < -0.3 is 0 Å². The van der Waals surface area contributed by atoms with Gasteiger partial charge in [-0.05, 0) is 30.3 Å². The van der Waals surface area contributed by atoms with E-state index in [1.807, 2.05) is 49.4 Å². The average molecular weight is 386 g/mol. The molecule has 0 aliphatic rings. The molecule has 4 rings (SSSR count). The zero-order valence-corrected chi connectivity index (χ0v) is 14.7. The number of benzene rings is 2. The van der Waals surface area contributed by atoms with Crippen LogP contribution in [0.25, 0.3) is 26.3 Å². The van der Waals surface area contributed by atoms with Gasteiger partial charge in [0.05, 0.1) is 21.1 Å². The SMILES string of the molecule is CCc1nc2ccccc2c(=O)n1-c1nc2ccc(Br)cc2s1. The van der Waals surface area contributed by atoms with Gasteiger partial charge in [0.1, 0.15) is 5.82 Å². The van der Waals surface area contributed by atoms with E-state index in [0.29, 0.717) is 16.9 Å². The minimum absolute atomic E-state index is 0.0643. The third-order valence-electron chi connectivity index (χ3n) is 3.69. The fraction of sp³-hybridized carbons (Fsp3) is 0.118. The molecular formula is C17H12BrN3OS.